The summed E-state index contributed by atoms with van der Waals surface area (Å²) in [5.41, 5.74) is 10.6. The second-order valence-corrected chi connectivity index (χ2v) is 5.70. The van der Waals surface area contributed by atoms with E-state index in [0.29, 0.717) is 0 Å². The van der Waals surface area contributed by atoms with E-state index in [1.54, 1.807) is 0 Å². The molecule has 0 unspecified atom stereocenters. The molecule has 4 aromatic rings. The quantitative estimate of drug-likeness (QED) is 0.511. The number of aromatic nitrogens is 2. The molecule has 2 aromatic carbocycles. The minimum atomic E-state index is -0.556. The topological polar surface area (TPSA) is 57.6 Å². The summed E-state index contributed by atoms with van der Waals surface area (Å²) in [5.74, 6) is 0. The van der Waals surface area contributed by atoms with Gasteiger partial charge in [0.1, 0.15) is 0 Å². The van der Waals surface area contributed by atoms with Crippen LogP contribution in [0.5, 0.6) is 0 Å². The summed E-state index contributed by atoms with van der Waals surface area (Å²) in [6.45, 7) is 2.07. The Hall–Kier alpha value is -2.52. The van der Waals surface area contributed by atoms with Gasteiger partial charge in [0.15, 0.2) is 0 Å². The fourth-order valence-electron chi connectivity index (χ4n) is 3.15. The molecule has 0 spiro atoms. The van der Waals surface area contributed by atoms with Crippen LogP contribution in [0.1, 0.15) is 18.1 Å². The van der Waals surface area contributed by atoms with Crippen LogP contribution >= 0.6 is 0 Å². The third-order valence-electron chi connectivity index (χ3n) is 4.30. The standard InChI is InChI=1S/C18H17N3/c1-18(19,14-10-20-16-8-4-2-6-12(14)16)15-11-21-17-9-5-3-7-13(15)17/h2-11,20-21H,19H2,1H3. The number of hydrogen-bond acceptors (Lipinski definition) is 1. The molecule has 0 saturated heterocycles. The van der Waals surface area contributed by atoms with Crippen LogP contribution in [0.25, 0.3) is 21.8 Å². The predicted octanol–water partition coefficient (Wildman–Crippen LogP) is 3.87. The molecule has 0 atom stereocenters. The smallest absolute Gasteiger partial charge is 0.0678 e. The summed E-state index contributed by atoms with van der Waals surface area (Å²) in [6.07, 6.45) is 4.04. The van der Waals surface area contributed by atoms with E-state index in [9.17, 15) is 0 Å². The zero-order chi connectivity index (χ0) is 14.4. The van der Waals surface area contributed by atoms with Crippen molar-refractivity contribution in [3.63, 3.8) is 0 Å². The number of fused-ring (bicyclic) bond motifs is 2. The largest absolute Gasteiger partial charge is 0.361 e. The summed E-state index contributed by atoms with van der Waals surface area (Å²) in [5, 5.41) is 2.35. The number of H-pyrrole nitrogens is 2. The molecule has 0 saturated carbocycles. The second kappa shape index (κ2) is 4.24. The lowest BCUT2D eigenvalue weighted by molar-refractivity contribution is 0.614. The van der Waals surface area contributed by atoms with Crippen molar-refractivity contribution in [1.82, 2.24) is 9.97 Å². The van der Waals surface area contributed by atoms with E-state index < -0.39 is 5.54 Å². The predicted molar refractivity (Wildman–Crippen MR) is 87.2 cm³/mol. The van der Waals surface area contributed by atoms with E-state index in [4.69, 9.17) is 5.73 Å². The molecule has 4 N–H and O–H groups in total. The third-order valence-corrected chi connectivity index (χ3v) is 4.30. The Morgan fingerprint density at radius 3 is 1.67 bits per heavy atom. The average molecular weight is 275 g/mol. The van der Waals surface area contributed by atoms with Crippen LogP contribution < -0.4 is 5.73 Å². The molecule has 0 aliphatic heterocycles. The summed E-state index contributed by atoms with van der Waals surface area (Å²) in [4.78, 5) is 6.63. The molecule has 104 valence electrons. The lowest BCUT2D eigenvalue weighted by Gasteiger charge is -2.24. The van der Waals surface area contributed by atoms with E-state index in [1.807, 2.05) is 36.7 Å². The van der Waals surface area contributed by atoms with Gasteiger partial charge in [0.05, 0.1) is 5.54 Å². The van der Waals surface area contributed by atoms with E-state index in [2.05, 4.69) is 41.2 Å². The Balaban J connectivity index is 1.97. The van der Waals surface area contributed by atoms with E-state index >= 15 is 0 Å². The van der Waals surface area contributed by atoms with Gasteiger partial charge in [-0.1, -0.05) is 36.4 Å². The Morgan fingerprint density at radius 2 is 1.19 bits per heavy atom. The van der Waals surface area contributed by atoms with Gasteiger partial charge < -0.3 is 15.7 Å². The van der Waals surface area contributed by atoms with Crippen molar-refractivity contribution in [3.8, 4) is 0 Å². The Labute approximate surface area is 122 Å². The van der Waals surface area contributed by atoms with Crippen molar-refractivity contribution in [2.75, 3.05) is 0 Å². The maximum absolute atomic E-state index is 6.74. The molecule has 0 radical (unpaired) electrons. The van der Waals surface area contributed by atoms with Gasteiger partial charge in [-0.15, -0.1) is 0 Å². The van der Waals surface area contributed by atoms with Crippen molar-refractivity contribution in [3.05, 3.63) is 72.1 Å². The van der Waals surface area contributed by atoms with Gasteiger partial charge in [0, 0.05) is 45.3 Å². The monoisotopic (exact) mass is 275 g/mol. The number of para-hydroxylation sites is 2. The lowest BCUT2D eigenvalue weighted by atomic mass is 9.85. The zero-order valence-corrected chi connectivity index (χ0v) is 11.9. The molecule has 3 heteroatoms. The van der Waals surface area contributed by atoms with Gasteiger partial charge in [-0.3, -0.25) is 0 Å². The normalized spacial score (nSPS) is 12.3. The molecular weight excluding hydrogens is 258 g/mol. The van der Waals surface area contributed by atoms with E-state index in [-0.39, 0.29) is 0 Å². The molecule has 0 amide bonds. The first-order chi connectivity index (χ1) is 10.2. The van der Waals surface area contributed by atoms with E-state index in [1.165, 1.54) is 10.8 Å². The number of rotatable bonds is 2. The van der Waals surface area contributed by atoms with Crippen molar-refractivity contribution >= 4 is 21.8 Å². The van der Waals surface area contributed by atoms with E-state index in [0.717, 1.165) is 22.2 Å². The summed E-state index contributed by atoms with van der Waals surface area (Å²) in [7, 11) is 0. The van der Waals surface area contributed by atoms with Crippen LogP contribution in [-0.4, -0.2) is 9.97 Å². The summed E-state index contributed by atoms with van der Waals surface area (Å²) >= 11 is 0. The minimum absolute atomic E-state index is 0.556. The van der Waals surface area contributed by atoms with Crippen LogP contribution in [0.3, 0.4) is 0 Å². The number of nitrogens with one attached hydrogen (secondary N) is 2. The fraction of sp³-hybridized carbons (Fsp3) is 0.111. The second-order valence-electron chi connectivity index (χ2n) is 5.70. The van der Waals surface area contributed by atoms with Gasteiger partial charge in [0.2, 0.25) is 0 Å². The highest BCUT2D eigenvalue weighted by molar-refractivity contribution is 5.88. The molecule has 0 aliphatic carbocycles. The first-order valence-corrected chi connectivity index (χ1v) is 7.10. The summed E-state index contributed by atoms with van der Waals surface area (Å²) in [6, 6.07) is 16.5. The average Bonchev–Trinajstić information content (AvgIpc) is 3.12. The van der Waals surface area contributed by atoms with Gasteiger partial charge in [-0.05, 0) is 19.1 Å². The van der Waals surface area contributed by atoms with Gasteiger partial charge in [-0.2, -0.15) is 0 Å². The lowest BCUT2D eigenvalue weighted by Crippen LogP contribution is -2.33. The Kier molecular flexibility index (Phi) is 2.47. The van der Waals surface area contributed by atoms with Crippen molar-refractivity contribution in [1.29, 1.82) is 0 Å². The number of nitrogens with two attached hydrogens (primary N) is 1. The summed E-state index contributed by atoms with van der Waals surface area (Å²) < 4.78 is 0. The fourth-order valence-corrected chi connectivity index (χ4v) is 3.15. The van der Waals surface area contributed by atoms with Crippen LogP contribution in [-0.2, 0) is 5.54 Å². The maximum atomic E-state index is 6.74. The number of benzene rings is 2. The molecule has 2 aromatic heterocycles. The van der Waals surface area contributed by atoms with Crippen molar-refractivity contribution < 1.29 is 0 Å². The van der Waals surface area contributed by atoms with Crippen LogP contribution in [0.15, 0.2) is 60.9 Å². The highest BCUT2D eigenvalue weighted by Gasteiger charge is 2.29. The van der Waals surface area contributed by atoms with Gasteiger partial charge in [0.25, 0.3) is 0 Å². The Morgan fingerprint density at radius 1 is 0.762 bits per heavy atom. The molecular formula is C18H17N3. The number of hydrogen-bond donors (Lipinski definition) is 3. The van der Waals surface area contributed by atoms with Crippen LogP contribution in [0.4, 0.5) is 0 Å². The van der Waals surface area contributed by atoms with Crippen molar-refractivity contribution in [2.45, 2.75) is 12.5 Å². The van der Waals surface area contributed by atoms with Gasteiger partial charge in [-0.25, -0.2) is 0 Å². The maximum Gasteiger partial charge on any atom is 0.0678 e. The zero-order valence-electron chi connectivity index (χ0n) is 11.9. The van der Waals surface area contributed by atoms with Gasteiger partial charge >= 0.3 is 0 Å². The first-order valence-electron chi connectivity index (χ1n) is 7.10. The minimum Gasteiger partial charge on any atom is -0.361 e. The number of aromatic amines is 2. The first kappa shape index (κ1) is 12.2. The molecule has 0 bridgehead atoms. The highest BCUT2D eigenvalue weighted by Crippen LogP contribution is 2.35. The SMILES string of the molecule is CC(N)(c1c[nH]c2ccccc12)c1c[nH]c2ccccc12. The molecule has 2 heterocycles. The van der Waals surface area contributed by atoms with Crippen LogP contribution in [0.2, 0.25) is 0 Å². The third kappa shape index (κ3) is 1.71. The van der Waals surface area contributed by atoms with Crippen LogP contribution in [0, 0.1) is 0 Å². The molecule has 4 rings (SSSR count). The molecule has 3 nitrogen and oxygen atoms in total. The molecule has 0 fully saturated rings. The molecule has 0 aliphatic rings. The van der Waals surface area contributed by atoms with Crippen molar-refractivity contribution in [2.24, 2.45) is 5.73 Å². The molecule has 21 heavy (non-hydrogen) atoms. The highest BCUT2D eigenvalue weighted by atomic mass is 14.8. The Bertz CT molecular complexity index is 852.